The highest BCUT2D eigenvalue weighted by atomic mass is 16.6. The lowest BCUT2D eigenvalue weighted by Gasteiger charge is -2.33. The second-order valence-electron chi connectivity index (χ2n) is 8.12. The zero-order valence-corrected chi connectivity index (χ0v) is 18.6. The summed E-state index contributed by atoms with van der Waals surface area (Å²) >= 11 is 0. The molecule has 34 heavy (non-hydrogen) atoms. The largest absolute Gasteiger partial charge is 0.497 e. The molecule has 1 saturated heterocycles. The summed E-state index contributed by atoms with van der Waals surface area (Å²) in [6.07, 6.45) is 1.77. The zero-order chi connectivity index (χ0) is 23.1. The first-order valence-corrected chi connectivity index (χ1v) is 11.1. The lowest BCUT2D eigenvalue weighted by molar-refractivity contribution is -0.130. The van der Waals surface area contributed by atoms with Crippen LogP contribution >= 0.6 is 0 Å². The van der Waals surface area contributed by atoms with Crippen LogP contribution in [-0.4, -0.2) is 73.2 Å². The van der Waals surface area contributed by atoms with E-state index >= 15 is 0 Å². The number of benzene rings is 2. The number of esters is 1. The summed E-state index contributed by atoms with van der Waals surface area (Å²) in [7, 11) is 1.65. The molecule has 6 rings (SSSR count). The van der Waals surface area contributed by atoms with Crippen LogP contribution in [0.2, 0.25) is 0 Å². The molecule has 10 nitrogen and oxygen atoms in total. The Kier molecular flexibility index (Phi) is 4.97. The SMILES string of the molecule is COc1ccc2nc(N3CCN(C=C4N=C(c5cccc6c5OCCO6)OC4=O)CC3)[nH]c2c1. The van der Waals surface area contributed by atoms with E-state index < -0.39 is 5.97 Å². The van der Waals surface area contributed by atoms with Crippen molar-refractivity contribution in [1.82, 2.24) is 14.9 Å². The number of aromatic nitrogens is 2. The minimum atomic E-state index is -0.474. The summed E-state index contributed by atoms with van der Waals surface area (Å²) in [5.41, 5.74) is 2.72. The number of ether oxygens (including phenoxy) is 4. The first kappa shape index (κ1) is 20.4. The smallest absolute Gasteiger partial charge is 0.365 e. The van der Waals surface area contributed by atoms with E-state index in [2.05, 4.69) is 19.8 Å². The number of rotatable bonds is 4. The number of hydrogen-bond acceptors (Lipinski definition) is 9. The van der Waals surface area contributed by atoms with E-state index in [-0.39, 0.29) is 11.6 Å². The number of carbonyl (C=O) groups is 1. The fourth-order valence-electron chi connectivity index (χ4n) is 4.24. The van der Waals surface area contributed by atoms with E-state index in [0.717, 1.165) is 48.9 Å². The summed E-state index contributed by atoms with van der Waals surface area (Å²) in [5.74, 6) is 2.55. The fourth-order valence-corrected chi connectivity index (χ4v) is 4.24. The number of nitrogens with zero attached hydrogens (tertiary/aromatic N) is 4. The molecule has 0 unspecified atom stereocenters. The van der Waals surface area contributed by atoms with Crippen LogP contribution in [0, 0.1) is 0 Å². The van der Waals surface area contributed by atoms with Crippen LogP contribution in [0.3, 0.4) is 0 Å². The molecule has 1 N–H and O–H groups in total. The maximum Gasteiger partial charge on any atom is 0.365 e. The summed E-state index contributed by atoms with van der Waals surface area (Å²) in [4.78, 5) is 29.3. The number of aliphatic imine (C=N–C) groups is 1. The second-order valence-corrected chi connectivity index (χ2v) is 8.12. The first-order chi connectivity index (χ1) is 16.7. The molecule has 0 saturated carbocycles. The van der Waals surface area contributed by atoms with Crippen molar-refractivity contribution in [3.05, 3.63) is 53.9 Å². The summed E-state index contributed by atoms with van der Waals surface area (Å²) in [6.45, 7) is 3.88. The van der Waals surface area contributed by atoms with Crippen molar-refractivity contribution in [2.45, 2.75) is 0 Å². The molecule has 0 spiro atoms. The Labute approximate surface area is 195 Å². The molecule has 1 fully saturated rings. The van der Waals surface area contributed by atoms with Gasteiger partial charge < -0.3 is 33.7 Å². The molecular weight excluding hydrogens is 438 g/mol. The van der Waals surface area contributed by atoms with E-state index in [0.29, 0.717) is 30.3 Å². The van der Waals surface area contributed by atoms with Crippen molar-refractivity contribution in [3.63, 3.8) is 0 Å². The predicted molar refractivity (Wildman–Crippen MR) is 125 cm³/mol. The molecule has 3 aliphatic heterocycles. The molecule has 3 aromatic rings. The Bertz CT molecular complexity index is 1320. The highest BCUT2D eigenvalue weighted by Crippen LogP contribution is 2.35. The monoisotopic (exact) mass is 461 g/mol. The molecule has 0 bridgehead atoms. The minimum absolute atomic E-state index is 0.231. The number of carbonyl (C=O) groups excluding carboxylic acids is 1. The number of hydrogen-bond donors (Lipinski definition) is 1. The Morgan fingerprint density at radius 3 is 2.79 bits per heavy atom. The maximum atomic E-state index is 12.5. The Morgan fingerprint density at radius 1 is 1.09 bits per heavy atom. The molecule has 10 heteroatoms. The predicted octanol–water partition coefficient (Wildman–Crippen LogP) is 2.31. The number of methoxy groups -OCH3 is 1. The van der Waals surface area contributed by atoms with Gasteiger partial charge in [0.15, 0.2) is 17.2 Å². The molecule has 0 atom stereocenters. The minimum Gasteiger partial charge on any atom is -0.497 e. The van der Waals surface area contributed by atoms with Crippen molar-refractivity contribution < 1.29 is 23.7 Å². The molecule has 4 heterocycles. The van der Waals surface area contributed by atoms with Gasteiger partial charge in [0.05, 0.1) is 23.7 Å². The molecule has 174 valence electrons. The Balaban J connectivity index is 1.16. The fraction of sp³-hybridized carbons (Fsp3) is 0.292. The quantitative estimate of drug-likeness (QED) is 0.467. The summed E-state index contributed by atoms with van der Waals surface area (Å²) in [5, 5.41) is 0. The van der Waals surface area contributed by atoms with Gasteiger partial charge >= 0.3 is 5.97 Å². The maximum absolute atomic E-state index is 12.5. The molecule has 0 aliphatic carbocycles. The Morgan fingerprint density at radius 2 is 1.94 bits per heavy atom. The normalized spacial score (nSPS) is 18.9. The van der Waals surface area contributed by atoms with E-state index in [1.165, 1.54) is 0 Å². The molecule has 1 aromatic heterocycles. The van der Waals surface area contributed by atoms with Crippen LogP contribution in [0.15, 0.2) is 53.3 Å². The number of fused-ring (bicyclic) bond motifs is 2. The molecule has 0 radical (unpaired) electrons. The molecule has 2 aromatic carbocycles. The number of aromatic amines is 1. The summed E-state index contributed by atoms with van der Waals surface area (Å²) in [6, 6.07) is 11.2. The average molecular weight is 461 g/mol. The number of nitrogens with one attached hydrogen (secondary N) is 1. The van der Waals surface area contributed by atoms with E-state index in [4.69, 9.17) is 23.9 Å². The topological polar surface area (TPSA) is 102 Å². The highest BCUT2D eigenvalue weighted by Gasteiger charge is 2.30. The van der Waals surface area contributed by atoms with Crippen LogP contribution in [0.1, 0.15) is 5.56 Å². The van der Waals surface area contributed by atoms with Gasteiger partial charge in [-0.2, -0.15) is 0 Å². The molecule has 3 aliphatic rings. The summed E-state index contributed by atoms with van der Waals surface area (Å²) < 4.78 is 22.1. The van der Waals surface area contributed by atoms with Crippen molar-refractivity contribution in [3.8, 4) is 17.2 Å². The number of imidazole rings is 1. The van der Waals surface area contributed by atoms with Gasteiger partial charge in [0, 0.05) is 38.4 Å². The van der Waals surface area contributed by atoms with Gasteiger partial charge in [-0.05, 0) is 24.3 Å². The third-order valence-corrected chi connectivity index (χ3v) is 6.01. The van der Waals surface area contributed by atoms with Crippen LogP contribution in [-0.2, 0) is 9.53 Å². The van der Waals surface area contributed by atoms with Gasteiger partial charge in [0.1, 0.15) is 19.0 Å². The average Bonchev–Trinajstić information content (AvgIpc) is 3.47. The molecular formula is C24H23N5O5. The third-order valence-electron chi connectivity index (χ3n) is 6.01. The van der Waals surface area contributed by atoms with E-state index in [1.807, 2.05) is 36.4 Å². The lowest BCUT2D eigenvalue weighted by atomic mass is 10.1. The van der Waals surface area contributed by atoms with Crippen molar-refractivity contribution in [2.24, 2.45) is 4.99 Å². The second kappa shape index (κ2) is 8.29. The Hall–Kier alpha value is -4.21. The number of piperazine rings is 1. The number of cyclic esters (lactones) is 1. The number of H-pyrrole nitrogens is 1. The standard InChI is InChI=1S/C24H23N5O5/c1-31-15-5-6-17-18(13-15)27-24(26-17)29-9-7-28(8-10-29)14-19-23(30)34-22(25-19)16-3-2-4-20-21(16)33-12-11-32-20/h2-6,13-14H,7-12H2,1H3,(H,26,27). The zero-order valence-electron chi connectivity index (χ0n) is 18.6. The van der Waals surface area contributed by atoms with Crippen LogP contribution in [0.25, 0.3) is 11.0 Å². The van der Waals surface area contributed by atoms with Crippen LogP contribution < -0.4 is 19.1 Å². The van der Waals surface area contributed by atoms with Crippen molar-refractivity contribution in [2.75, 3.05) is 51.4 Å². The number of anilines is 1. The van der Waals surface area contributed by atoms with Gasteiger partial charge in [0.2, 0.25) is 11.8 Å². The first-order valence-electron chi connectivity index (χ1n) is 11.1. The number of para-hydroxylation sites is 1. The van der Waals surface area contributed by atoms with Gasteiger partial charge in [-0.15, -0.1) is 0 Å². The lowest BCUT2D eigenvalue weighted by Crippen LogP contribution is -2.44. The van der Waals surface area contributed by atoms with E-state index in [9.17, 15) is 4.79 Å². The van der Waals surface area contributed by atoms with Crippen LogP contribution in [0.5, 0.6) is 17.2 Å². The molecule has 0 amide bonds. The van der Waals surface area contributed by atoms with Gasteiger partial charge in [-0.1, -0.05) is 6.07 Å². The van der Waals surface area contributed by atoms with E-state index in [1.54, 1.807) is 13.3 Å². The van der Waals surface area contributed by atoms with Gasteiger partial charge in [0.25, 0.3) is 0 Å². The van der Waals surface area contributed by atoms with Gasteiger partial charge in [-0.3, -0.25) is 0 Å². The van der Waals surface area contributed by atoms with Crippen molar-refractivity contribution in [1.29, 1.82) is 0 Å². The third kappa shape index (κ3) is 3.66. The van der Waals surface area contributed by atoms with Gasteiger partial charge in [-0.25, -0.2) is 14.8 Å². The highest BCUT2D eigenvalue weighted by molar-refractivity contribution is 6.12. The van der Waals surface area contributed by atoms with Crippen molar-refractivity contribution >= 4 is 28.8 Å². The van der Waals surface area contributed by atoms with Crippen LogP contribution in [0.4, 0.5) is 5.95 Å².